The van der Waals surface area contributed by atoms with Crippen LogP contribution in [0.1, 0.15) is 24.0 Å². The van der Waals surface area contributed by atoms with E-state index in [9.17, 15) is 9.90 Å². The minimum atomic E-state index is -0.692. The lowest BCUT2D eigenvalue weighted by Gasteiger charge is -2.30. The highest BCUT2D eigenvalue weighted by Gasteiger charge is 2.24. The van der Waals surface area contributed by atoms with E-state index in [4.69, 9.17) is 16.3 Å². The number of hydrogen-bond donors (Lipinski definition) is 1. The molecular formula is C23H26ClNO3. The van der Waals surface area contributed by atoms with Crippen molar-refractivity contribution in [2.24, 2.45) is 5.92 Å². The maximum atomic E-state index is 11.2. The molecule has 1 atom stereocenters. The average molecular weight is 400 g/mol. The smallest absolute Gasteiger partial charge is 0.307 e. The van der Waals surface area contributed by atoms with Gasteiger partial charge in [0.05, 0.1) is 19.1 Å². The Balaban J connectivity index is 1.57. The Morgan fingerprint density at radius 3 is 2.71 bits per heavy atom. The third-order valence-corrected chi connectivity index (χ3v) is 5.27. The molecule has 2 aromatic rings. The largest absolute Gasteiger partial charge is 0.481 e. The molecule has 0 aliphatic carbocycles. The first-order valence-corrected chi connectivity index (χ1v) is 10.1. The van der Waals surface area contributed by atoms with Crippen molar-refractivity contribution >= 4 is 23.1 Å². The number of hydrogen-bond acceptors (Lipinski definition) is 3. The number of halogens is 1. The van der Waals surface area contributed by atoms with E-state index in [0.717, 1.165) is 42.6 Å². The van der Waals surface area contributed by atoms with Crippen LogP contribution in [0.15, 0.2) is 60.7 Å². The van der Waals surface area contributed by atoms with Crippen LogP contribution in [-0.4, -0.2) is 48.8 Å². The van der Waals surface area contributed by atoms with Crippen LogP contribution in [0.4, 0.5) is 0 Å². The van der Waals surface area contributed by atoms with E-state index in [2.05, 4.69) is 23.1 Å². The van der Waals surface area contributed by atoms with Crippen LogP contribution in [0.5, 0.6) is 0 Å². The summed E-state index contributed by atoms with van der Waals surface area (Å²) in [7, 11) is 0. The molecule has 1 N–H and O–H groups in total. The van der Waals surface area contributed by atoms with Crippen LogP contribution in [-0.2, 0) is 9.53 Å². The molecule has 5 heteroatoms. The van der Waals surface area contributed by atoms with Crippen molar-refractivity contribution in [2.75, 3.05) is 32.8 Å². The maximum Gasteiger partial charge on any atom is 0.307 e. The predicted molar refractivity (Wildman–Crippen MR) is 113 cm³/mol. The van der Waals surface area contributed by atoms with Gasteiger partial charge in [0.15, 0.2) is 0 Å². The molecule has 1 saturated heterocycles. The summed E-state index contributed by atoms with van der Waals surface area (Å²) in [5, 5.41) is 9.89. The van der Waals surface area contributed by atoms with Gasteiger partial charge in [0.25, 0.3) is 0 Å². The van der Waals surface area contributed by atoms with Gasteiger partial charge in [-0.05, 0) is 48.2 Å². The summed E-state index contributed by atoms with van der Waals surface area (Å²) in [6.45, 7) is 3.40. The van der Waals surface area contributed by atoms with E-state index in [1.54, 1.807) is 0 Å². The molecule has 0 aromatic heterocycles. The quantitative estimate of drug-likeness (QED) is 0.660. The summed E-state index contributed by atoms with van der Waals surface area (Å²) in [5.74, 6) is -0.941. The lowest BCUT2D eigenvalue weighted by Crippen LogP contribution is -2.40. The number of aliphatic carboxylic acids is 1. The molecular weight excluding hydrogens is 374 g/mol. The molecule has 1 aliphatic rings. The van der Waals surface area contributed by atoms with Crippen LogP contribution in [0.3, 0.4) is 0 Å². The number of ether oxygens (including phenoxy) is 1. The zero-order valence-corrected chi connectivity index (χ0v) is 16.6. The number of rotatable bonds is 8. The van der Waals surface area contributed by atoms with Gasteiger partial charge in [-0.15, -0.1) is 0 Å². The summed E-state index contributed by atoms with van der Waals surface area (Å²) >= 11 is 6.17. The van der Waals surface area contributed by atoms with Crippen LogP contribution < -0.4 is 0 Å². The van der Waals surface area contributed by atoms with Gasteiger partial charge in [-0.2, -0.15) is 0 Å². The Labute approximate surface area is 171 Å². The zero-order valence-electron chi connectivity index (χ0n) is 15.9. The summed E-state index contributed by atoms with van der Waals surface area (Å²) in [6, 6.07) is 18.0. The minimum Gasteiger partial charge on any atom is -0.481 e. The van der Waals surface area contributed by atoms with E-state index in [-0.39, 0.29) is 5.92 Å². The molecule has 148 valence electrons. The van der Waals surface area contributed by atoms with Crippen LogP contribution in [0.2, 0.25) is 5.02 Å². The van der Waals surface area contributed by atoms with Gasteiger partial charge in [-0.1, -0.05) is 60.1 Å². The summed E-state index contributed by atoms with van der Waals surface area (Å²) in [4.78, 5) is 13.4. The van der Waals surface area contributed by atoms with Gasteiger partial charge in [0.1, 0.15) is 0 Å². The number of carboxylic acids is 1. The fourth-order valence-corrected chi connectivity index (χ4v) is 3.75. The van der Waals surface area contributed by atoms with E-state index in [1.165, 1.54) is 0 Å². The fraction of sp³-hybridized carbons (Fsp3) is 0.348. The molecule has 2 aromatic carbocycles. The molecule has 0 spiro atoms. The van der Waals surface area contributed by atoms with E-state index in [0.29, 0.717) is 24.8 Å². The molecule has 0 saturated carbocycles. The highest BCUT2D eigenvalue weighted by molar-refractivity contribution is 6.30. The molecule has 4 nitrogen and oxygen atoms in total. The fourth-order valence-electron chi connectivity index (χ4n) is 3.56. The first-order chi connectivity index (χ1) is 13.6. The van der Waals surface area contributed by atoms with Crippen molar-refractivity contribution in [1.29, 1.82) is 0 Å². The van der Waals surface area contributed by atoms with Gasteiger partial charge in [-0.25, -0.2) is 0 Å². The van der Waals surface area contributed by atoms with Crippen molar-refractivity contribution in [3.8, 4) is 0 Å². The third-order valence-electron chi connectivity index (χ3n) is 5.03. The van der Waals surface area contributed by atoms with Gasteiger partial charge >= 0.3 is 5.97 Å². The van der Waals surface area contributed by atoms with E-state index in [1.807, 2.05) is 42.5 Å². The SMILES string of the molecule is O=C(O)C1CCCN(CCOCC=C(c2ccccc2)c2cccc(Cl)c2)C1. The Morgan fingerprint density at radius 1 is 1.18 bits per heavy atom. The standard InChI is InChI=1S/C23H26ClNO3/c24-21-10-4-8-19(16-21)22(18-6-2-1-3-7-18)11-14-28-15-13-25-12-5-9-20(17-25)23(26)27/h1-4,6-8,10-11,16,20H,5,9,12-15,17H2,(H,26,27). The van der Waals surface area contributed by atoms with Gasteiger partial charge in [-0.3, -0.25) is 4.79 Å². The summed E-state index contributed by atoms with van der Waals surface area (Å²) in [6.07, 6.45) is 3.79. The molecule has 0 bridgehead atoms. The van der Waals surface area contributed by atoms with Gasteiger partial charge < -0.3 is 14.7 Å². The topological polar surface area (TPSA) is 49.8 Å². The Kier molecular flexibility index (Phi) is 7.66. The van der Waals surface area contributed by atoms with Crippen molar-refractivity contribution in [1.82, 2.24) is 4.90 Å². The molecule has 1 aliphatic heterocycles. The number of carboxylic acid groups (broad SMARTS) is 1. The maximum absolute atomic E-state index is 11.2. The summed E-state index contributed by atoms with van der Waals surface area (Å²) in [5.41, 5.74) is 3.27. The van der Waals surface area contributed by atoms with Gasteiger partial charge in [0, 0.05) is 18.1 Å². The van der Waals surface area contributed by atoms with Crippen LogP contribution in [0, 0.1) is 5.92 Å². The van der Waals surface area contributed by atoms with Crippen molar-refractivity contribution in [3.05, 3.63) is 76.8 Å². The van der Waals surface area contributed by atoms with Crippen LogP contribution >= 0.6 is 11.6 Å². The van der Waals surface area contributed by atoms with Crippen molar-refractivity contribution in [3.63, 3.8) is 0 Å². The first kappa shape index (κ1) is 20.6. The molecule has 0 radical (unpaired) electrons. The monoisotopic (exact) mass is 399 g/mol. The van der Waals surface area contributed by atoms with E-state index >= 15 is 0 Å². The lowest BCUT2D eigenvalue weighted by atomic mass is 9.98. The Morgan fingerprint density at radius 2 is 1.96 bits per heavy atom. The van der Waals surface area contributed by atoms with Crippen molar-refractivity contribution in [2.45, 2.75) is 12.8 Å². The van der Waals surface area contributed by atoms with Crippen LogP contribution in [0.25, 0.3) is 5.57 Å². The lowest BCUT2D eigenvalue weighted by molar-refractivity contribution is -0.143. The second-order valence-corrected chi connectivity index (χ2v) is 7.48. The highest BCUT2D eigenvalue weighted by Crippen LogP contribution is 2.25. The number of likely N-dealkylation sites (tertiary alicyclic amines) is 1. The minimum absolute atomic E-state index is 0.249. The van der Waals surface area contributed by atoms with Crippen molar-refractivity contribution < 1.29 is 14.6 Å². The van der Waals surface area contributed by atoms with Gasteiger partial charge in [0.2, 0.25) is 0 Å². The zero-order chi connectivity index (χ0) is 19.8. The molecule has 28 heavy (non-hydrogen) atoms. The summed E-state index contributed by atoms with van der Waals surface area (Å²) < 4.78 is 5.84. The predicted octanol–water partition coefficient (Wildman–Crippen LogP) is 4.58. The first-order valence-electron chi connectivity index (χ1n) is 9.68. The molecule has 1 heterocycles. The number of nitrogens with zero attached hydrogens (tertiary/aromatic N) is 1. The Hall–Kier alpha value is -2.14. The second-order valence-electron chi connectivity index (χ2n) is 7.05. The third kappa shape index (κ3) is 5.93. The van der Waals surface area contributed by atoms with E-state index < -0.39 is 5.97 Å². The molecule has 1 unspecified atom stereocenters. The Bertz CT molecular complexity index is 807. The number of carbonyl (C=O) groups is 1. The number of piperidine rings is 1. The molecule has 0 amide bonds. The molecule has 3 rings (SSSR count). The number of benzene rings is 2. The normalized spacial score (nSPS) is 18.2. The average Bonchev–Trinajstić information content (AvgIpc) is 2.71. The molecule has 1 fully saturated rings. The second kappa shape index (κ2) is 10.4. The highest BCUT2D eigenvalue weighted by atomic mass is 35.5.